The van der Waals surface area contributed by atoms with Gasteiger partial charge in [0.05, 0.1) is 6.54 Å². The zero-order valence-electron chi connectivity index (χ0n) is 12.2. The lowest BCUT2D eigenvalue weighted by atomic mass is 10.1. The Labute approximate surface area is 133 Å². The average Bonchev–Trinajstić information content (AvgIpc) is 2.97. The van der Waals surface area contributed by atoms with Gasteiger partial charge < -0.3 is 10.2 Å². The van der Waals surface area contributed by atoms with E-state index in [9.17, 15) is 0 Å². The van der Waals surface area contributed by atoms with E-state index in [0.29, 0.717) is 6.04 Å². The van der Waals surface area contributed by atoms with Crippen LogP contribution in [0.15, 0.2) is 40.2 Å². The highest BCUT2D eigenvalue weighted by Gasteiger charge is 2.15. The van der Waals surface area contributed by atoms with E-state index in [1.54, 1.807) is 0 Å². The van der Waals surface area contributed by atoms with E-state index in [1.807, 2.05) is 18.4 Å². The molecule has 0 saturated carbocycles. The summed E-state index contributed by atoms with van der Waals surface area (Å²) in [5.41, 5.74) is 2.64. The highest BCUT2D eigenvalue weighted by molar-refractivity contribution is 9.10. The maximum atomic E-state index is 3.60. The van der Waals surface area contributed by atoms with Crippen molar-refractivity contribution in [3.63, 3.8) is 0 Å². The van der Waals surface area contributed by atoms with E-state index in [2.05, 4.69) is 75.7 Å². The molecule has 108 valence electrons. The largest absolute Gasteiger partial charge is 0.366 e. The molecule has 1 aromatic heterocycles. The molecular weight excluding hydrogens is 332 g/mol. The summed E-state index contributed by atoms with van der Waals surface area (Å²) in [6.45, 7) is 6.37. The summed E-state index contributed by atoms with van der Waals surface area (Å²) in [4.78, 5) is 3.83. The molecule has 0 aliphatic heterocycles. The number of hydrogen-bond donors (Lipinski definition) is 1. The zero-order chi connectivity index (χ0) is 14.5. The first-order valence-corrected chi connectivity index (χ1v) is 8.57. The van der Waals surface area contributed by atoms with Crippen LogP contribution in [0, 0.1) is 0 Å². The second-order valence-corrected chi connectivity index (χ2v) is 6.75. The molecule has 2 rings (SSSR count). The van der Waals surface area contributed by atoms with Crippen molar-refractivity contribution in [2.75, 3.05) is 18.5 Å². The molecule has 2 aromatic rings. The molecule has 0 fully saturated rings. The van der Waals surface area contributed by atoms with E-state index in [1.165, 1.54) is 16.1 Å². The Hall–Kier alpha value is -0.840. The minimum absolute atomic E-state index is 0.343. The van der Waals surface area contributed by atoms with Crippen LogP contribution in [-0.2, 0) is 6.54 Å². The molecule has 1 aromatic carbocycles. The third kappa shape index (κ3) is 3.62. The van der Waals surface area contributed by atoms with Gasteiger partial charge in [0.1, 0.15) is 0 Å². The number of halogens is 1. The Morgan fingerprint density at radius 3 is 2.75 bits per heavy atom. The van der Waals surface area contributed by atoms with Crippen molar-refractivity contribution in [1.82, 2.24) is 5.32 Å². The Morgan fingerprint density at radius 1 is 1.35 bits per heavy atom. The predicted molar refractivity (Wildman–Crippen MR) is 92.7 cm³/mol. The van der Waals surface area contributed by atoms with E-state index in [4.69, 9.17) is 0 Å². The standard InChI is InChI=1S/C16H21BrN2S/c1-4-19(11-14-6-5-9-20-14)16-10-13(17)7-8-15(16)12(2)18-3/h5-10,12,18H,4,11H2,1-3H3. The summed E-state index contributed by atoms with van der Waals surface area (Å²) in [5, 5.41) is 5.48. The summed E-state index contributed by atoms with van der Waals surface area (Å²) < 4.78 is 1.13. The van der Waals surface area contributed by atoms with E-state index in [0.717, 1.165) is 17.6 Å². The van der Waals surface area contributed by atoms with Crippen LogP contribution >= 0.6 is 27.3 Å². The number of anilines is 1. The molecule has 0 bridgehead atoms. The van der Waals surface area contributed by atoms with Gasteiger partial charge in [-0.3, -0.25) is 0 Å². The SMILES string of the molecule is CCN(Cc1cccs1)c1cc(Br)ccc1C(C)NC. The molecule has 1 unspecified atom stereocenters. The van der Waals surface area contributed by atoms with Crippen molar-refractivity contribution in [3.05, 3.63) is 50.6 Å². The third-order valence-corrected chi connectivity index (χ3v) is 4.90. The number of thiophene rings is 1. The number of hydrogen-bond acceptors (Lipinski definition) is 3. The van der Waals surface area contributed by atoms with Crippen molar-refractivity contribution in [2.45, 2.75) is 26.4 Å². The van der Waals surface area contributed by atoms with Crippen LogP contribution in [0.5, 0.6) is 0 Å². The Kier molecular flexibility index (Phi) is 5.64. The number of nitrogens with one attached hydrogen (secondary N) is 1. The van der Waals surface area contributed by atoms with Crippen LogP contribution < -0.4 is 10.2 Å². The maximum absolute atomic E-state index is 3.60. The lowest BCUT2D eigenvalue weighted by molar-refractivity contribution is 0.647. The quantitative estimate of drug-likeness (QED) is 0.801. The minimum atomic E-state index is 0.343. The van der Waals surface area contributed by atoms with Crippen LogP contribution in [0.2, 0.25) is 0 Å². The number of rotatable bonds is 6. The van der Waals surface area contributed by atoms with Gasteiger partial charge in [-0.05, 0) is 50.0 Å². The molecule has 0 aliphatic carbocycles. The first-order chi connectivity index (χ1) is 9.65. The van der Waals surface area contributed by atoms with Crippen LogP contribution in [0.25, 0.3) is 0 Å². The number of benzene rings is 1. The van der Waals surface area contributed by atoms with Crippen LogP contribution in [0.4, 0.5) is 5.69 Å². The van der Waals surface area contributed by atoms with Gasteiger partial charge in [0.2, 0.25) is 0 Å². The van der Waals surface area contributed by atoms with Gasteiger partial charge in [-0.25, -0.2) is 0 Å². The van der Waals surface area contributed by atoms with Crippen molar-refractivity contribution in [1.29, 1.82) is 0 Å². The topological polar surface area (TPSA) is 15.3 Å². The molecule has 0 radical (unpaired) electrons. The highest BCUT2D eigenvalue weighted by atomic mass is 79.9. The van der Waals surface area contributed by atoms with Crippen molar-refractivity contribution in [3.8, 4) is 0 Å². The molecule has 1 heterocycles. The maximum Gasteiger partial charge on any atom is 0.0522 e. The molecule has 0 aliphatic rings. The van der Waals surface area contributed by atoms with Crippen molar-refractivity contribution < 1.29 is 0 Å². The van der Waals surface area contributed by atoms with E-state index >= 15 is 0 Å². The Bertz CT molecular complexity index is 539. The monoisotopic (exact) mass is 352 g/mol. The van der Waals surface area contributed by atoms with E-state index in [-0.39, 0.29) is 0 Å². The van der Waals surface area contributed by atoms with Gasteiger partial charge in [0.25, 0.3) is 0 Å². The van der Waals surface area contributed by atoms with Gasteiger partial charge >= 0.3 is 0 Å². The summed E-state index contributed by atoms with van der Waals surface area (Å²) in [6.07, 6.45) is 0. The first-order valence-electron chi connectivity index (χ1n) is 6.89. The summed E-state index contributed by atoms with van der Waals surface area (Å²) in [5.74, 6) is 0. The van der Waals surface area contributed by atoms with E-state index < -0.39 is 0 Å². The van der Waals surface area contributed by atoms with Crippen LogP contribution in [0.1, 0.15) is 30.3 Å². The fourth-order valence-electron chi connectivity index (χ4n) is 2.27. The van der Waals surface area contributed by atoms with Crippen molar-refractivity contribution in [2.24, 2.45) is 0 Å². The van der Waals surface area contributed by atoms with Crippen molar-refractivity contribution >= 4 is 33.0 Å². The van der Waals surface area contributed by atoms with Crippen LogP contribution in [-0.4, -0.2) is 13.6 Å². The Balaban J connectivity index is 2.34. The molecule has 20 heavy (non-hydrogen) atoms. The van der Waals surface area contributed by atoms with Gasteiger partial charge in [0.15, 0.2) is 0 Å². The molecule has 4 heteroatoms. The molecule has 2 nitrogen and oxygen atoms in total. The fourth-order valence-corrected chi connectivity index (χ4v) is 3.34. The number of nitrogens with zero attached hydrogens (tertiary/aromatic N) is 1. The Morgan fingerprint density at radius 2 is 2.15 bits per heavy atom. The highest BCUT2D eigenvalue weighted by Crippen LogP contribution is 2.31. The lowest BCUT2D eigenvalue weighted by Crippen LogP contribution is -2.25. The van der Waals surface area contributed by atoms with Gasteiger partial charge in [0, 0.05) is 27.6 Å². The van der Waals surface area contributed by atoms with Crippen LogP contribution in [0.3, 0.4) is 0 Å². The molecule has 0 spiro atoms. The second-order valence-electron chi connectivity index (χ2n) is 4.81. The fraction of sp³-hybridized carbons (Fsp3) is 0.375. The van der Waals surface area contributed by atoms with Gasteiger partial charge in [-0.1, -0.05) is 28.1 Å². The summed E-state index contributed by atoms with van der Waals surface area (Å²) in [6, 6.07) is 11.2. The molecule has 0 amide bonds. The molecule has 0 saturated heterocycles. The smallest absolute Gasteiger partial charge is 0.0522 e. The third-order valence-electron chi connectivity index (χ3n) is 3.54. The molecule has 1 N–H and O–H groups in total. The second kappa shape index (κ2) is 7.25. The minimum Gasteiger partial charge on any atom is -0.366 e. The van der Waals surface area contributed by atoms with Gasteiger partial charge in [-0.15, -0.1) is 11.3 Å². The lowest BCUT2D eigenvalue weighted by Gasteiger charge is -2.27. The first kappa shape index (κ1) is 15.5. The molecule has 1 atom stereocenters. The molecular formula is C16H21BrN2S. The van der Waals surface area contributed by atoms with Gasteiger partial charge in [-0.2, -0.15) is 0 Å². The predicted octanol–water partition coefficient (Wildman–Crippen LogP) is 4.82. The summed E-state index contributed by atoms with van der Waals surface area (Å²) in [7, 11) is 2.01. The zero-order valence-corrected chi connectivity index (χ0v) is 14.6. The normalized spacial score (nSPS) is 12.4. The summed E-state index contributed by atoms with van der Waals surface area (Å²) >= 11 is 5.41. The average molecular weight is 353 g/mol.